The Morgan fingerprint density at radius 3 is 2.57 bits per heavy atom. The molecule has 2 fully saturated rings. The molecule has 0 bridgehead atoms. The summed E-state index contributed by atoms with van der Waals surface area (Å²) in [6, 6.07) is -0.0315. The Morgan fingerprint density at radius 1 is 1.22 bits per heavy atom. The van der Waals surface area contributed by atoms with Crippen LogP contribution in [0.4, 0.5) is 9.59 Å². The summed E-state index contributed by atoms with van der Waals surface area (Å²) < 4.78 is 4.76. The molecule has 1 atom stereocenters. The van der Waals surface area contributed by atoms with Gasteiger partial charge in [-0.2, -0.15) is 0 Å². The number of hydrogen-bond acceptors (Lipinski definition) is 4. The van der Waals surface area contributed by atoms with Gasteiger partial charge in [0.15, 0.2) is 0 Å². The number of piperidine rings is 2. The molecule has 0 saturated carbocycles. The van der Waals surface area contributed by atoms with Gasteiger partial charge >= 0.3 is 12.1 Å². The Kier molecular flexibility index (Phi) is 6.50. The van der Waals surface area contributed by atoms with Crippen LogP contribution >= 0.6 is 0 Å². The van der Waals surface area contributed by atoms with Crippen molar-refractivity contribution in [1.29, 1.82) is 0 Å². The molecule has 0 aliphatic carbocycles. The molecule has 23 heavy (non-hydrogen) atoms. The summed E-state index contributed by atoms with van der Waals surface area (Å²) in [5.41, 5.74) is 0. The van der Waals surface area contributed by atoms with Crippen molar-refractivity contribution >= 4 is 12.1 Å². The predicted molar refractivity (Wildman–Crippen MR) is 88.4 cm³/mol. The Hall–Kier alpha value is -1.50. The molecule has 3 amide bonds. The van der Waals surface area contributed by atoms with E-state index in [1.807, 2.05) is 7.05 Å². The SMILES string of the molecule is COC(=O)N1CCC[C@@H](NC(=O)N(C)CC2CCN(C)CC2)C1. The molecule has 7 nitrogen and oxygen atoms in total. The molecule has 0 aromatic heterocycles. The third kappa shape index (κ3) is 5.27. The Labute approximate surface area is 138 Å². The zero-order valence-electron chi connectivity index (χ0n) is 14.6. The topological polar surface area (TPSA) is 65.1 Å². The van der Waals surface area contributed by atoms with E-state index in [-0.39, 0.29) is 18.2 Å². The third-order valence-electron chi connectivity index (χ3n) is 4.90. The van der Waals surface area contributed by atoms with Gasteiger partial charge in [0.25, 0.3) is 0 Å². The molecule has 0 spiro atoms. The number of rotatable bonds is 3. The third-order valence-corrected chi connectivity index (χ3v) is 4.90. The summed E-state index contributed by atoms with van der Waals surface area (Å²) in [6.45, 7) is 4.24. The lowest BCUT2D eigenvalue weighted by molar-refractivity contribution is 0.106. The highest BCUT2D eigenvalue weighted by molar-refractivity contribution is 5.74. The quantitative estimate of drug-likeness (QED) is 0.846. The van der Waals surface area contributed by atoms with Gasteiger partial charge in [0.05, 0.1) is 7.11 Å². The Morgan fingerprint density at radius 2 is 1.91 bits per heavy atom. The fourth-order valence-corrected chi connectivity index (χ4v) is 3.39. The fraction of sp³-hybridized carbons (Fsp3) is 0.875. The molecular weight excluding hydrogens is 296 g/mol. The van der Waals surface area contributed by atoms with Crippen LogP contribution in [0.2, 0.25) is 0 Å². The number of nitrogens with zero attached hydrogens (tertiary/aromatic N) is 3. The maximum absolute atomic E-state index is 12.4. The highest BCUT2D eigenvalue weighted by atomic mass is 16.5. The van der Waals surface area contributed by atoms with Crippen LogP contribution in [0, 0.1) is 5.92 Å². The molecule has 2 heterocycles. The summed E-state index contributed by atoms with van der Waals surface area (Å²) in [6.07, 6.45) is 3.77. The molecular formula is C16H30N4O3. The van der Waals surface area contributed by atoms with Crippen LogP contribution in [-0.4, -0.2) is 86.8 Å². The summed E-state index contributed by atoms with van der Waals surface area (Å²) in [4.78, 5) is 29.7. The molecule has 0 radical (unpaired) electrons. The first kappa shape index (κ1) is 17.8. The Bertz CT molecular complexity index is 410. The second-order valence-electron chi connectivity index (χ2n) is 6.83. The second kappa shape index (κ2) is 8.38. The number of methoxy groups -OCH3 is 1. The van der Waals surface area contributed by atoms with Crippen molar-refractivity contribution in [1.82, 2.24) is 20.0 Å². The van der Waals surface area contributed by atoms with E-state index < -0.39 is 0 Å². The molecule has 7 heteroatoms. The van der Waals surface area contributed by atoms with Crippen LogP contribution in [0.1, 0.15) is 25.7 Å². The number of urea groups is 1. The van der Waals surface area contributed by atoms with E-state index in [2.05, 4.69) is 17.3 Å². The van der Waals surface area contributed by atoms with Crippen molar-refractivity contribution in [3.8, 4) is 0 Å². The average molecular weight is 326 g/mol. The summed E-state index contributed by atoms with van der Waals surface area (Å²) in [5.74, 6) is 0.583. The van der Waals surface area contributed by atoms with E-state index in [1.165, 1.54) is 7.11 Å². The van der Waals surface area contributed by atoms with Gasteiger partial charge in [-0.25, -0.2) is 9.59 Å². The Balaban J connectivity index is 1.75. The predicted octanol–water partition coefficient (Wildman–Crippen LogP) is 1.20. The fourth-order valence-electron chi connectivity index (χ4n) is 3.39. The van der Waals surface area contributed by atoms with Crippen LogP contribution in [0.25, 0.3) is 0 Å². The van der Waals surface area contributed by atoms with Crippen molar-refractivity contribution in [3.05, 3.63) is 0 Å². The lowest BCUT2D eigenvalue weighted by Gasteiger charge is -2.34. The minimum Gasteiger partial charge on any atom is -0.453 e. The van der Waals surface area contributed by atoms with E-state index >= 15 is 0 Å². The molecule has 0 aromatic carbocycles. The zero-order valence-corrected chi connectivity index (χ0v) is 14.6. The van der Waals surface area contributed by atoms with Crippen LogP contribution < -0.4 is 5.32 Å². The van der Waals surface area contributed by atoms with Crippen molar-refractivity contribution < 1.29 is 14.3 Å². The molecule has 132 valence electrons. The number of carbonyl (C=O) groups is 2. The maximum atomic E-state index is 12.4. The van der Waals surface area contributed by atoms with Crippen molar-refractivity contribution in [2.45, 2.75) is 31.7 Å². The van der Waals surface area contributed by atoms with Gasteiger partial charge in [-0.1, -0.05) is 0 Å². The molecule has 2 saturated heterocycles. The van der Waals surface area contributed by atoms with E-state index in [4.69, 9.17) is 4.74 Å². The van der Waals surface area contributed by atoms with E-state index in [1.54, 1.807) is 9.80 Å². The van der Waals surface area contributed by atoms with Crippen LogP contribution in [0.3, 0.4) is 0 Å². The zero-order chi connectivity index (χ0) is 16.8. The number of hydrogen-bond donors (Lipinski definition) is 1. The van der Waals surface area contributed by atoms with E-state index in [9.17, 15) is 9.59 Å². The van der Waals surface area contributed by atoms with Gasteiger partial charge in [-0.3, -0.25) is 0 Å². The second-order valence-corrected chi connectivity index (χ2v) is 6.83. The first-order valence-electron chi connectivity index (χ1n) is 8.52. The highest BCUT2D eigenvalue weighted by Gasteiger charge is 2.27. The van der Waals surface area contributed by atoms with Crippen molar-refractivity contribution in [3.63, 3.8) is 0 Å². The van der Waals surface area contributed by atoms with Gasteiger partial charge in [0.1, 0.15) is 0 Å². The van der Waals surface area contributed by atoms with Gasteiger partial charge in [-0.05, 0) is 51.7 Å². The molecule has 2 rings (SSSR count). The number of carbonyl (C=O) groups excluding carboxylic acids is 2. The number of likely N-dealkylation sites (tertiary alicyclic amines) is 2. The maximum Gasteiger partial charge on any atom is 0.409 e. The standard InChI is InChI=1S/C16H30N4O3/c1-18-9-6-13(7-10-18)11-19(2)15(21)17-14-5-4-8-20(12-14)16(22)23-3/h13-14H,4-12H2,1-3H3,(H,17,21)/t14-/m1/s1. The lowest BCUT2D eigenvalue weighted by Crippen LogP contribution is -2.52. The summed E-state index contributed by atoms with van der Waals surface area (Å²) in [5, 5.41) is 3.05. The van der Waals surface area contributed by atoms with Crippen LogP contribution in [0.5, 0.6) is 0 Å². The lowest BCUT2D eigenvalue weighted by atomic mass is 9.97. The van der Waals surface area contributed by atoms with Gasteiger partial charge in [-0.15, -0.1) is 0 Å². The monoisotopic (exact) mass is 326 g/mol. The van der Waals surface area contributed by atoms with Crippen molar-refractivity contribution in [2.75, 3.05) is 53.9 Å². The van der Waals surface area contributed by atoms with Gasteiger partial charge < -0.3 is 24.8 Å². The van der Waals surface area contributed by atoms with Gasteiger partial charge in [0.2, 0.25) is 0 Å². The first-order chi connectivity index (χ1) is 11.0. The first-order valence-corrected chi connectivity index (χ1v) is 8.52. The number of amides is 3. The smallest absolute Gasteiger partial charge is 0.409 e. The molecule has 0 aromatic rings. The van der Waals surface area contributed by atoms with Crippen LogP contribution in [0.15, 0.2) is 0 Å². The molecule has 2 aliphatic heterocycles. The minimum absolute atomic E-state index is 0.00953. The number of nitrogens with one attached hydrogen (secondary N) is 1. The van der Waals surface area contributed by atoms with E-state index in [0.717, 1.165) is 45.3 Å². The molecule has 0 unspecified atom stereocenters. The summed E-state index contributed by atoms with van der Waals surface area (Å²) in [7, 11) is 5.39. The van der Waals surface area contributed by atoms with E-state index in [0.29, 0.717) is 19.0 Å². The molecule has 2 aliphatic rings. The molecule has 1 N–H and O–H groups in total. The average Bonchev–Trinajstić information content (AvgIpc) is 2.56. The van der Waals surface area contributed by atoms with Crippen molar-refractivity contribution in [2.24, 2.45) is 5.92 Å². The summed E-state index contributed by atoms with van der Waals surface area (Å²) >= 11 is 0. The minimum atomic E-state index is -0.316. The van der Waals surface area contributed by atoms with Crippen LogP contribution in [-0.2, 0) is 4.74 Å². The van der Waals surface area contributed by atoms with Gasteiger partial charge in [0, 0.05) is 32.7 Å². The normalized spacial score (nSPS) is 23.4. The largest absolute Gasteiger partial charge is 0.453 e. The number of ether oxygens (including phenoxy) is 1. The highest BCUT2D eigenvalue weighted by Crippen LogP contribution is 2.17.